The maximum atomic E-state index is 5.75. The summed E-state index contributed by atoms with van der Waals surface area (Å²) in [6.07, 6.45) is 1.53. The van der Waals surface area contributed by atoms with Crippen LogP contribution in [0.1, 0.15) is 0 Å². The zero-order chi connectivity index (χ0) is 17.2. The van der Waals surface area contributed by atoms with Crippen LogP contribution in [0.3, 0.4) is 0 Å². The van der Waals surface area contributed by atoms with Crippen molar-refractivity contribution in [1.29, 1.82) is 0 Å². The highest BCUT2D eigenvalue weighted by molar-refractivity contribution is 9.10. The van der Waals surface area contributed by atoms with Gasteiger partial charge in [0.15, 0.2) is 0 Å². The van der Waals surface area contributed by atoms with Gasteiger partial charge in [0, 0.05) is 15.4 Å². The predicted molar refractivity (Wildman–Crippen MR) is 97.6 cm³/mol. The van der Waals surface area contributed by atoms with Crippen molar-refractivity contribution in [2.24, 2.45) is 0 Å². The third-order valence-corrected chi connectivity index (χ3v) is 4.84. The van der Waals surface area contributed by atoms with Gasteiger partial charge in [-0.15, -0.1) is 10.2 Å². The van der Waals surface area contributed by atoms with E-state index < -0.39 is 0 Å². The number of hydrogen-bond acceptors (Lipinski definition) is 7. The molecular weight excluding hydrogens is 404 g/mol. The van der Waals surface area contributed by atoms with Crippen LogP contribution in [0.2, 0.25) is 0 Å². The third kappa shape index (κ3) is 3.35. The van der Waals surface area contributed by atoms with Gasteiger partial charge in [0.2, 0.25) is 5.89 Å². The van der Waals surface area contributed by atoms with Gasteiger partial charge in [-0.2, -0.15) is 0 Å². The van der Waals surface area contributed by atoms with Crippen LogP contribution in [0.4, 0.5) is 0 Å². The molecule has 0 fully saturated rings. The molecule has 0 aliphatic rings. The molecule has 6 nitrogen and oxygen atoms in total. The summed E-state index contributed by atoms with van der Waals surface area (Å²) in [7, 11) is 1.63. The molecule has 0 aliphatic carbocycles. The molecule has 25 heavy (non-hydrogen) atoms. The fourth-order valence-electron chi connectivity index (χ4n) is 2.27. The van der Waals surface area contributed by atoms with Crippen LogP contribution in [0.5, 0.6) is 5.75 Å². The molecule has 4 rings (SSSR count). The number of nitrogens with zero attached hydrogens (tertiary/aromatic N) is 4. The Labute approximate surface area is 155 Å². The Bertz CT molecular complexity index is 1040. The number of halogens is 1. The van der Waals surface area contributed by atoms with E-state index in [0.29, 0.717) is 11.1 Å². The topological polar surface area (TPSA) is 73.9 Å². The van der Waals surface area contributed by atoms with Crippen LogP contribution < -0.4 is 4.74 Å². The monoisotopic (exact) mass is 414 g/mol. The minimum absolute atomic E-state index is 0.422. The van der Waals surface area contributed by atoms with Crippen molar-refractivity contribution in [2.75, 3.05) is 7.11 Å². The molecule has 0 unspecified atom stereocenters. The lowest BCUT2D eigenvalue weighted by Crippen LogP contribution is -1.87. The molecule has 0 amide bonds. The quantitative estimate of drug-likeness (QED) is 0.451. The molecule has 0 bridgehead atoms. The van der Waals surface area contributed by atoms with Crippen LogP contribution in [-0.2, 0) is 0 Å². The van der Waals surface area contributed by atoms with Crippen molar-refractivity contribution in [3.63, 3.8) is 0 Å². The largest absolute Gasteiger partial charge is 0.497 e. The Morgan fingerprint density at radius 2 is 1.88 bits per heavy atom. The average Bonchev–Trinajstić information content (AvgIpc) is 3.11. The second-order valence-corrected chi connectivity index (χ2v) is 6.90. The van der Waals surface area contributed by atoms with E-state index in [-0.39, 0.29) is 0 Å². The molecule has 0 saturated carbocycles. The first-order chi connectivity index (χ1) is 12.2. The zero-order valence-electron chi connectivity index (χ0n) is 13.0. The summed E-state index contributed by atoms with van der Waals surface area (Å²) in [5.41, 5.74) is 1.69. The second kappa shape index (κ2) is 6.81. The number of methoxy groups -OCH3 is 1. The molecule has 2 aromatic heterocycles. The van der Waals surface area contributed by atoms with E-state index in [4.69, 9.17) is 9.15 Å². The Hall–Kier alpha value is -2.45. The van der Waals surface area contributed by atoms with Crippen molar-refractivity contribution in [3.05, 3.63) is 53.3 Å². The third-order valence-electron chi connectivity index (χ3n) is 3.49. The smallest absolute Gasteiger partial charge is 0.283 e. The van der Waals surface area contributed by atoms with Crippen molar-refractivity contribution < 1.29 is 9.15 Å². The normalized spacial score (nSPS) is 11.0. The molecular formula is C17H11BrN4O2S. The van der Waals surface area contributed by atoms with Gasteiger partial charge in [-0.25, -0.2) is 9.97 Å². The summed E-state index contributed by atoms with van der Waals surface area (Å²) >= 11 is 4.78. The van der Waals surface area contributed by atoms with Gasteiger partial charge in [-0.1, -0.05) is 15.9 Å². The fourth-order valence-corrected chi connectivity index (χ4v) is 3.37. The minimum Gasteiger partial charge on any atom is -0.497 e. The number of ether oxygens (including phenoxy) is 1. The standard InChI is InChI=1S/C17H11BrN4O2S/c1-23-12-5-2-10(3-6-12)15-21-22-17(24-15)25-16-13-8-11(18)4-7-14(13)19-9-20-16/h2-9H,1H3. The molecule has 0 spiro atoms. The average molecular weight is 415 g/mol. The summed E-state index contributed by atoms with van der Waals surface area (Å²) in [5, 5.41) is 10.3. The molecule has 4 aromatic rings. The van der Waals surface area contributed by atoms with E-state index >= 15 is 0 Å². The summed E-state index contributed by atoms with van der Waals surface area (Å²) < 4.78 is 11.9. The lowest BCUT2D eigenvalue weighted by molar-refractivity contribution is 0.414. The highest BCUT2D eigenvalue weighted by Gasteiger charge is 2.13. The maximum Gasteiger partial charge on any atom is 0.283 e. The molecule has 0 aliphatic heterocycles. The van der Waals surface area contributed by atoms with Gasteiger partial charge in [0.05, 0.1) is 12.6 Å². The van der Waals surface area contributed by atoms with E-state index in [2.05, 4.69) is 36.1 Å². The second-order valence-electron chi connectivity index (χ2n) is 5.04. The van der Waals surface area contributed by atoms with E-state index in [1.54, 1.807) is 7.11 Å². The Morgan fingerprint density at radius 3 is 2.68 bits per heavy atom. The highest BCUT2D eigenvalue weighted by Crippen LogP contribution is 2.33. The highest BCUT2D eigenvalue weighted by atomic mass is 79.9. The van der Waals surface area contributed by atoms with Crippen LogP contribution in [0.25, 0.3) is 22.4 Å². The zero-order valence-corrected chi connectivity index (χ0v) is 15.4. The first-order valence-electron chi connectivity index (χ1n) is 7.29. The Balaban J connectivity index is 1.64. The number of benzene rings is 2. The fraction of sp³-hybridized carbons (Fsp3) is 0.0588. The van der Waals surface area contributed by atoms with Crippen LogP contribution in [0.15, 0.2) is 67.9 Å². The summed E-state index contributed by atoms with van der Waals surface area (Å²) in [6, 6.07) is 13.3. The van der Waals surface area contributed by atoms with Gasteiger partial charge in [0.25, 0.3) is 5.22 Å². The van der Waals surface area contributed by atoms with Gasteiger partial charge in [-0.05, 0) is 54.2 Å². The van der Waals surface area contributed by atoms with Crippen LogP contribution in [-0.4, -0.2) is 27.3 Å². The van der Waals surface area contributed by atoms with Crippen molar-refractivity contribution in [1.82, 2.24) is 20.2 Å². The summed E-state index contributed by atoms with van der Waals surface area (Å²) in [5.74, 6) is 1.22. The lowest BCUT2D eigenvalue weighted by atomic mass is 10.2. The summed E-state index contributed by atoms with van der Waals surface area (Å²) in [4.78, 5) is 8.60. The summed E-state index contributed by atoms with van der Waals surface area (Å²) in [6.45, 7) is 0. The van der Waals surface area contributed by atoms with Gasteiger partial charge < -0.3 is 9.15 Å². The first kappa shape index (κ1) is 16.0. The molecule has 124 valence electrons. The first-order valence-corrected chi connectivity index (χ1v) is 8.90. The van der Waals surface area contributed by atoms with E-state index in [0.717, 1.165) is 31.7 Å². The van der Waals surface area contributed by atoms with Crippen molar-refractivity contribution in [2.45, 2.75) is 10.2 Å². The van der Waals surface area contributed by atoms with Gasteiger partial charge in [0.1, 0.15) is 17.1 Å². The number of fused-ring (bicyclic) bond motifs is 1. The van der Waals surface area contributed by atoms with E-state index in [1.165, 1.54) is 18.1 Å². The molecule has 0 saturated heterocycles. The molecule has 8 heteroatoms. The van der Waals surface area contributed by atoms with E-state index in [1.807, 2.05) is 42.5 Å². The number of rotatable bonds is 4. The van der Waals surface area contributed by atoms with E-state index in [9.17, 15) is 0 Å². The predicted octanol–water partition coefficient (Wildman–Crippen LogP) is 4.60. The maximum absolute atomic E-state index is 5.75. The van der Waals surface area contributed by atoms with Gasteiger partial charge >= 0.3 is 0 Å². The molecule has 2 heterocycles. The Kier molecular flexibility index (Phi) is 4.37. The minimum atomic E-state index is 0.422. The number of hydrogen-bond donors (Lipinski definition) is 0. The molecule has 0 N–H and O–H groups in total. The molecule has 0 atom stereocenters. The van der Waals surface area contributed by atoms with Crippen LogP contribution in [0, 0.1) is 0 Å². The lowest BCUT2D eigenvalue weighted by Gasteiger charge is -2.02. The van der Waals surface area contributed by atoms with Crippen molar-refractivity contribution >= 4 is 38.6 Å². The SMILES string of the molecule is COc1ccc(-c2nnc(Sc3ncnc4ccc(Br)cc34)o2)cc1. The van der Waals surface area contributed by atoms with Gasteiger partial charge in [-0.3, -0.25) is 0 Å². The van der Waals surface area contributed by atoms with Crippen molar-refractivity contribution in [3.8, 4) is 17.2 Å². The van der Waals surface area contributed by atoms with Crippen LogP contribution >= 0.6 is 27.7 Å². The molecule has 0 radical (unpaired) electrons. The number of aromatic nitrogens is 4. The Morgan fingerprint density at radius 1 is 1.04 bits per heavy atom. The molecule has 2 aromatic carbocycles.